The molecule has 0 aromatic carbocycles. The first-order chi connectivity index (χ1) is 13.2. The van der Waals surface area contributed by atoms with Crippen LogP contribution in [0.15, 0.2) is 18.5 Å². The van der Waals surface area contributed by atoms with Crippen LogP contribution >= 0.6 is 12.4 Å². The van der Waals surface area contributed by atoms with Crippen molar-refractivity contribution in [2.75, 3.05) is 25.0 Å². The van der Waals surface area contributed by atoms with Gasteiger partial charge in [0.05, 0.1) is 17.8 Å². The molecule has 2 aromatic heterocycles. The highest BCUT2D eigenvalue weighted by molar-refractivity contribution is 5.85. The molecule has 1 fully saturated rings. The lowest BCUT2D eigenvalue weighted by molar-refractivity contribution is -0.141. The van der Waals surface area contributed by atoms with E-state index in [1.54, 1.807) is 6.92 Å². The molecular weight excluding hydrogens is 419 g/mol. The van der Waals surface area contributed by atoms with E-state index in [0.29, 0.717) is 37.8 Å². The second kappa shape index (κ2) is 9.12. The van der Waals surface area contributed by atoms with E-state index >= 15 is 0 Å². The summed E-state index contributed by atoms with van der Waals surface area (Å²) < 4.78 is 67.9. The van der Waals surface area contributed by atoms with E-state index in [-0.39, 0.29) is 29.6 Å². The van der Waals surface area contributed by atoms with E-state index in [9.17, 15) is 22.0 Å². The lowest BCUT2D eigenvalue weighted by Gasteiger charge is -2.27. The number of nitrogens with one attached hydrogen (secondary N) is 2. The third-order valence-corrected chi connectivity index (χ3v) is 4.47. The molecule has 0 spiro atoms. The Hall–Kier alpha value is -2.14. The summed E-state index contributed by atoms with van der Waals surface area (Å²) in [6.07, 6.45) is -1.39. The van der Waals surface area contributed by atoms with Gasteiger partial charge >= 0.3 is 6.18 Å². The maximum atomic E-state index is 14.9. The van der Waals surface area contributed by atoms with Crippen molar-refractivity contribution >= 4 is 18.4 Å². The van der Waals surface area contributed by atoms with Gasteiger partial charge in [-0.15, -0.1) is 12.4 Å². The summed E-state index contributed by atoms with van der Waals surface area (Å²) >= 11 is 0. The molecule has 12 heteroatoms. The molecule has 0 amide bonds. The highest BCUT2D eigenvalue weighted by atomic mass is 35.5. The smallest absolute Gasteiger partial charge is 0.348 e. The maximum Gasteiger partial charge on any atom is 0.433 e. The molecule has 29 heavy (non-hydrogen) atoms. The first-order valence-electron chi connectivity index (χ1n) is 8.73. The quantitative estimate of drug-likeness (QED) is 0.693. The zero-order chi connectivity index (χ0) is 20.4. The van der Waals surface area contributed by atoms with Gasteiger partial charge in [-0.1, -0.05) is 0 Å². The topological polar surface area (TPSA) is 75.6 Å². The highest BCUT2D eigenvalue weighted by Crippen LogP contribution is 2.36. The van der Waals surface area contributed by atoms with Crippen LogP contribution in [0.2, 0.25) is 0 Å². The molecule has 160 valence electrons. The predicted octanol–water partition coefficient (Wildman–Crippen LogP) is 3.69. The van der Waals surface area contributed by atoms with Crippen molar-refractivity contribution in [3.05, 3.63) is 41.2 Å². The number of aryl methyl sites for hydroxylation is 1. The van der Waals surface area contributed by atoms with Gasteiger partial charge in [0, 0.05) is 18.3 Å². The van der Waals surface area contributed by atoms with Crippen LogP contribution in [0.5, 0.6) is 0 Å². The number of piperidine rings is 1. The number of alkyl halides is 5. The first-order valence-corrected chi connectivity index (χ1v) is 8.73. The molecule has 0 bridgehead atoms. The third kappa shape index (κ3) is 5.69. The van der Waals surface area contributed by atoms with Gasteiger partial charge in [0.25, 0.3) is 5.92 Å². The van der Waals surface area contributed by atoms with Crippen molar-refractivity contribution < 1.29 is 22.0 Å². The molecule has 1 saturated heterocycles. The number of aromatic nitrogens is 4. The van der Waals surface area contributed by atoms with Crippen molar-refractivity contribution in [1.82, 2.24) is 25.3 Å². The number of halogens is 6. The van der Waals surface area contributed by atoms with E-state index < -0.39 is 30.3 Å². The molecule has 2 N–H and O–H groups in total. The minimum Gasteiger partial charge on any atom is -0.348 e. The Morgan fingerprint density at radius 1 is 1.10 bits per heavy atom. The maximum absolute atomic E-state index is 14.9. The lowest BCUT2D eigenvalue weighted by Crippen LogP contribution is -2.32. The molecule has 3 heterocycles. The second-order valence-electron chi connectivity index (χ2n) is 6.56. The van der Waals surface area contributed by atoms with Crippen LogP contribution in [0.4, 0.5) is 27.9 Å². The van der Waals surface area contributed by atoms with Crippen molar-refractivity contribution in [3.63, 3.8) is 0 Å². The number of nitrogens with zero attached hydrogens (tertiary/aromatic N) is 4. The van der Waals surface area contributed by atoms with Crippen molar-refractivity contribution in [2.24, 2.45) is 0 Å². The van der Waals surface area contributed by atoms with Crippen LogP contribution in [0.1, 0.15) is 41.5 Å². The molecule has 1 aliphatic heterocycles. The molecular formula is C17H20ClF5N6. The Morgan fingerprint density at radius 2 is 1.79 bits per heavy atom. The Kier molecular flexibility index (Phi) is 7.28. The fraction of sp³-hybridized carbons (Fsp3) is 0.529. The Balaban J connectivity index is 0.00000300. The summed E-state index contributed by atoms with van der Waals surface area (Å²) in [7, 11) is 0. The molecule has 0 unspecified atom stereocenters. The fourth-order valence-corrected chi connectivity index (χ4v) is 3.06. The van der Waals surface area contributed by atoms with E-state index in [1.165, 1.54) is 0 Å². The van der Waals surface area contributed by atoms with Gasteiger partial charge in [0.1, 0.15) is 11.5 Å². The summed E-state index contributed by atoms with van der Waals surface area (Å²) in [5.74, 6) is -3.67. The molecule has 0 atom stereocenters. The standard InChI is InChI=1S/C17H19F5N6.ClH/c1-10-25-8-12(14(27-10)11-2-5-23-6-3-11)16(18,19)9-26-15-24-7-4-13(28-15)17(20,21)22;/h4,7-8,11,23H,2-3,5-6,9H2,1H3,(H,24,26,28);1H. The second-order valence-corrected chi connectivity index (χ2v) is 6.56. The molecule has 0 saturated carbocycles. The molecule has 2 aromatic rings. The lowest BCUT2D eigenvalue weighted by atomic mass is 9.90. The Morgan fingerprint density at radius 3 is 2.45 bits per heavy atom. The zero-order valence-corrected chi connectivity index (χ0v) is 16.2. The van der Waals surface area contributed by atoms with E-state index in [1.807, 2.05) is 0 Å². The highest BCUT2D eigenvalue weighted by Gasteiger charge is 2.38. The first kappa shape index (κ1) is 23.1. The van der Waals surface area contributed by atoms with Gasteiger partial charge in [-0.2, -0.15) is 22.0 Å². The largest absolute Gasteiger partial charge is 0.433 e. The average molecular weight is 439 g/mol. The summed E-state index contributed by atoms with van der Waals surface area (Å²) in [5.41, 5.74) is -1.25. The van der Waals surface area contributed by atoms with Crippen LogP contribution < -0.4 is 10.6 Å². The number of anilines is 1. The SMILES string of the molecule is Cc1ncc(C(F)(F)CNc2nccc(C(F)(F)F)n2)c(C2CCNCC2)n1.Cl. The van der Waals surface area contributed by atoms with Crippen LogP contribution in [0.3, 0.4) is 0 Å². The van der Waals surface area contributed by atoms with Crippen molar-refractivity contribution in [1.29, 1.82) is 0 Å². The van der Waals surface area contributed by atoms with Gasteiger partial charge in [-0.25, -0.2) is 19.9 Å². The predicted molar refractivity (Wildman–Crippen MR) is 98.3 cm³/mol. The molecule has 0 radical (unpaired) electrons. The van der Waals surface area contributed by atoms with Crippen LogP contribution in [0, 0.1) is 6.92 Å². The average Bonchev–Trinajstić information content (AvgIpc) is 2.66. The van der Waals surface area contributed by atoms with Crippen LogP contribution in [-0.2, 0) is 12.1 Å². The zero-order valence-electron chi connectivity index (χ0n) is 15.4. The van der Waals surface area contributed by atoms with Gasteiger partial charge in [-0.05, 0) is 38.9 Å². The van der Waals surface area contributed by atoms with E-state index in [0.717, 1.165) is 12.4 Å². The van der Waals surface area contributed by atoms with Crippen LogP contribution in [0.25, 0.3) is 0 Å². The van der Waals surface area contributed by atoms with Gasteiger partial charge in [-0.3, -0.25) is 0 Å². The van der Waals surface area contributed by atoms with E-state index in [2.05, 4.69) is 30.6 Å². The minimum atomic E-state index is -4.69. The normalized spacial score (nSPS) is 15.7. The number of rotatable bonds is 5. The van der Waals surface area contributed by atoms with Gasteiger partial charge in [0.2, 0.25) is 5.95 Å². The fourth-order valence-electron chi connectivity index (χ4n) is 3.06. The summed E-state index contributed by atoms with van der Waals surface area (Å²) in [4.78, 5) is 15.0. The van der Waals surface area contributed by atoms with Crippen molar-refractivity contribution in [3.8, 4) is 0 Å². The summed E-state index contributed by atoms with van der Waals surface area (Å²) in [6.45, 7) is 2.06. The molecule has 3 rings (SSSR count). The monoisotopic (exact) mass is 438 g/mol. The Labute approximate surface area is 170 Å². The molecule has 6 nitrogen and oxygen atoms in total. The van der Waals surface area contributed by atoms with Gasteiger partial charge in [0.15, 0.2) is 0 Å². The molecule has 1 aliphatic rings. The Bertz CT molecular complexity index is 826. The third-order valence-electron chi connectivity index (χ3n) is 4.47. The van der Waals surface area contributed by atoms with E-state index in [4.69, 9.17) is 0 Å². The number of hydrogen-bond donors (Lipinski definition) is 2. The summed E-state index contributed by atoms with van der Waals surface area (Å²) in [6, 6.07) is 0.673. The minimum absolute atomic E-state index is 0. The molecule has 0 aliphatic carbocycles. The van der Waals surface area contributed by atoms with Crippen molar-refractivity contribution in [2.45, 2.75) is 37.8 Å². The van der Waals surface area contributed by atoms with Crippen LogP contribution in [-0.4, -0.2) is 39.6 Å². The number of hydrogen-bond acceptors (Lipinski definition) is 6. The van der Waals surface area contributed by atoms with Gasteiger partial charge < -0.3 is 10.6 Å². The summed E-state index contributed by atoms with van der Waals surface area (Å²) in [5, 5.41) is 5.37.